The highest BCUT2D eigenvalue weighted by Gasteiger charge is 2.04. The molecular weight excluding hydrogens is 173 g/mol. The second-order valence-electron chi connectivity index (χ2n) is 2.51. The molecule has 3 nitrogen and oxygen atoms in total. The van der Waals surface area contributed by atoms with Gasteiger partial charge in [-0.3, -0.25) is 4.98 Å². The van der Waals surface area contributed by atoms with Gasteiger partial charge in [-0.1, -0.05) is 0 Å². The molecule has 1 heterocycles. The lowest BCUT2D eigenvalue weighted by molar-refractivity contribution is 0.296. The Kier molecular flexibility index (Phi) is 3.64. The Morgan fingerprint density at radius 3 is 3.00 bits per heavy atom. The first kappa shape index (κ1) is 9.92. The summed E-state index contributed by atoms with van der Waals surface area (Å²) in [5, 5.41) is 8.64. The molecule has 0 aliphatic rings. The fourth-order valence-electron chi connectivity index (χ4n) is 0.978. The van der Waals surface area contributed by atoms with Gasteiger partial charge in [0.15, 0.2) is 11.6 Å². The van der Waals surface area contributed by atoms with Gasteiger partial charge in [0, 0.05) is 24.8 Å². The zero-order valence-electron chi connectivity index (χ0n) is 7.46. The summed E-state index contributed by atoms with van der Waals surface area (Å²) in [7, 11) is 0. The summed E-state index contributed by atoms with van der Waals surface area (Å²) >= 11 is 0. The minimum absolute atomic E-state index is 0.00416. The number of aromatic nitrogens is 1. The predicted octanol–water partition coefficient (Wildman–Crippen LogP) is 1.15. The van der Waals surface area contributed by atoms with Gasteiger partial charge in [-0.2, -0.15) is 0 Å². The molecular formula is C9H12FNO2. The van der Waals surface area contributed by atoms with E-state index in [0.29, 0.717) is 18.7 Å². The topological polar surface area (TPSA) is 42.4 Å². The van der Waals surface area contributed by atoms with E-state index in [1.807, 2.05) is 0 Å². The van der Waals surface area contributed by atoms with Crippen LogP contribution in [0, 0.1) is 5.82 Å². The standard InChI is InChI=1S/C9H12FNO2/c1-2-13-9-5-7(3-4-12)11-6-8(9)10/h5-6,12H,2-4H2,1H3. The number of aliphatic hydroxyl groups is 1. The normalized spacial score (nSPS) is 10.1. The molecule has 0 amide bonds. The summed E-state index contributed by atoms with van der Waals surface area (Å²) < 4.78 is 18.0. The minimum atomic E-state index is -0.469. The number of hydrogen-bond acceptors (Lipinski definition) is 3. The fourth-order valence-corrected chi connectivity index (χ4v) is 0.978. The van der Waals surface area contributed by atoms with Crippen molar-refractivity contribution in [3.63, 3.8) is 0 Å². The van der Waals surface area contributed by atoms with Gasteiger partial charge < -0.3 is 9.84 Å². The first-order valence-electron chi connectivity index (χ1n) is 4.16. The lowest BCUT2D eigenvalue weighted by Crippen LogP contribution is -2.00. The van der Waals surface area contributed by atoms with Crippen molar-refractivity contribution in [1.82, 2.24) is 4.98 Å². The van der Waals surface area contributed by atoms with Crippen molar-refractivity contribution in [3.8, 4) is 5.75 Å². The van der Waals surface area contributed by atoms with Crippen LogP contribution in [0.4, 0.5) is 4.39 Å². The van der Waals surface area contributed by atoms with Gasteiger partial charge in [-0.05, 0) is 6.92 Å². The molecule has 4 heteroatoms. The Morgan fingerprint density at radius 2 is 2.38 bits per heavy atom. The number of aliphatic hydroxyl groups excluding tert-OH is 1. The number of rotatable bonds is 4. The third kappa shape index (κ3) is 2.66. The van der Waals surface area contributed by atoms with E-state index in [1.165, 1.54) is 6.07 Å². The lowest BCUT2D eigenvalue weighted by atomic mass is 10.2. The first-order valence-corrected chi connectivity index (χ1v) is 4.16. The van der Waals surface area contributed by atoms with Crippen LogP contribution < -0.4 is 4.74 Å². The lowest BCUT2D eigenvalue weighted by Gasteiger charge is -2.05. The summed E-state index contributed by atoms with van der Waals surface area (Å²) in [6.07, 6.45) is 1.52. The van der Waals surface area contributed by atoms with Gasteiger partial charge in [0.25, 0.3) is 0 Å². The molecule has 0 bridgehead atoms. The van der Waals surface area contributed by atoms with Crippen molar-refractivity contribution in [2.45, 2.75) is 13.3 Å². The SMILES string of the molecule is CCOc1cc(CCO)ncc1F. The second kappa shape index (κ2) is 4.77. The van der Waals surface area contributed by atoms with Gasteiger partial charge in [0.1, 0.15) is 0 Å². The van der Waals surface area contributed by atoms with E-state index in [-0.39, 0.29) is 12.4 Å². The summed E-state index contributed by atoms with van der Waals surface area (Å²) in [6, 6.07) is 1.51. The second-order valence-corrected chi connectivity index (χ2v) is 2.51. The summed E-state index contributed by atoms with van der Waals surface area (Å²) in [6.45, 7) is 2.20. The quantitative estimate of drug-likeness (QED) is 0.765. The maximum atomic E-state index is 12.9. The van der Waals surface area contributed by atoms with Crippen LogP contribution in [0.3, 0.4) is 0 Å². The smallest absolute Gasteiger partial charge is 0.183 e. The van der Waals surface area contributed by atoms with Crippen molar-refractivity contribution < 1.29 is 14.2 Å². The van der Waals surface area contributed by atoms with Crippen LogP contribution in [0.15, 0.2) is 12.3 Å². The van der Waals surface area contributed by atoms with E-state index in [0.717, 1.165) is 6.20 Å². The maximum Gasteiger partial charge on any atom is 0.183 e. The minimum Gasteiger partial charge on any atom is -0.491 e. The van der Waals surface area contributed by atoms with Crippen LogP contribution in [0.1, 0.15) is 12.6 Å². The van der Waals surface area contributed by atoms with Crippen molar-refractivity contribution in [2.75, 3.05) is 13.2 Å². The predicted molar refractivity (Wildman–Crippen MR) is 46.2 cm³/mol. The van der Waals surface area contributed by atoms with Crippen LogP contribution in [-0.4, -0.2) is 23.3 Å². The van der Waals surface area contributed by atoms with E-state index in [2.05, 4.69) is 4.98 Å². The fraction of sp³-hybridized carbons (Fsp3) is 0.444. The van der Waals surface area contributed by atoms with Crippen molar-refractivity contribution >= 4 is 0 Å². The molecule has 0 aromatic carbocycles. The van der Waals surface area contributed by atoms with Crippen LogP contribution in [0.5, 0.6) is 5.75 Å². The van der Waals surface area contributed by atoms with Crippen LogP contribution in [-0.2, 0) is 6.42 Å². The van der Waals surface area contributed by atoms with Crippen LogP contribution in [0.2, 0.25) is 0 Å². The summed E-state index contributed by atoms with van der Waals surface area (Å²) in [5.74, 6) is -0.274. The molecule has 0 unspecified atom stereocenters. The van der Waals surface area contributed by atoms with Gasteiger partial charge in [-0.15, -0.1) is 0 Å². The molecule has 1 rings (SSSR count). The highest BCUT2D eigenvalue weighted by Crippen LogP contribution is 2.16. The van der Waals surface area contributed by atoms with E-state index >= 15 is 0 Å². The molecule has 0 saturated carbocycles. The molecule has 0 fully saturated rings. The van der Waals surface area contributed by atoms with Crippen LogP contribution >= 0.6 is 0 Å². The van der Waals surface area contributed by atoms with E-state index in [1.54, 1.807) is 6.92 Å². The number of nitrogens with zero attached hydrogens (tertiary/aromatic N) is 1. The molecule has 0 saturated heterocycles. The average molecular weight is 185 g/mol. The molecule has 13 heavy (non-hydrogen) atoms. The number of ether oxygens (including phenoxy) is 1. The van der Waals surface area contributed by atoms with Crippen molar-refractivity contribution in [1.29, 1.82) is 0 Å². The molecule has 0 spiro atoms. The summed E-state index contributed by atoms with van der Waals surface area (Å²) in [4.78, 5) is 3.80. The molecule has 72 valence electrons. The maximum absolute atomic E-state index is 12.9. The van der Waals surface area contributed by atoms with Crippen molar-refractivity contribution in [2.24, 2.45) is 0 Å². The molecule has 0 aliphatic carbocycles. The molecule has 1 aromatic rings. The average Bonchev–Trinajstić information content (AvgIpc) is 2.12. The largest absolute Gasteiger partial charge is 0.491 e. The number of hydrogen-bond donors (Lipinski definition) is 1. The first-order chi connectivity index (χ1) is 6.27. The highest BCUT2D eigenvalue weighted by atomic mass is 19.1. The third-order valence-electron chi connectivity index (χ3n) is 1.54. The Labute approximate surface area is 76.2 Å². The van der Waals surface area contributed by atoms with Crippen molar-refractivity contribution in [3.05, 3.63) is 23.8 Å². The molecule has 0 aliphatic heterocycles. The van der Waals surface area contributed by atoms with E-state index in [9.17, 15) is 4.39 Å². The van der Waals surface area contributed by atoms with Gasteiger partial charge in [-0.25, -0.2) is 4.39 Å². The van der Waals surface area contributed by atoms with Crippen LogP contribution in [0.25, 0.3) is 0 Å². The summed E-state index contributed by atoms with van der Waals surface area (Å²) in [5.41, 5.74) is 0.632. The zero-order chi connectivity index (χ0) is 9.68. The Bertz CT molecular complexity index is 278. The highest BCUT2D eigenvalue weighted by molar-refractivity contribution is 5.24. The Balaban J connectivity index is 2.83. The van der Waals surface area contributed by atoms with Gasteiger partial charge in [0.05, 0.1) is 12.8 Å². The Morgan fingerprint density at radius 1 is 1.62 bits per heavy atom. The number of pyridine rings is 1. The molecule has 0 atom stereocenters. The molecule has 1 aromatic heterocycles. The Hall–Kier alpha value is -1.16. The number of halogens is 1. The van der Waals surface area contributed by atoms with E-state index in [4.69, 9.17) is 9.84 Å². The molecule has 1 N–H and O–H groups in total. The van der Waals surface area contributed by atoms with E-state index < -0.39 is 5.82 Å². The third-order valence-corrected chi connectivity index (χ3v) is 1.54. The monoisotopic (exact) mass is 185 g/mol. The van der Waals surface area contributed by atoms with Gasteiger partial charge >= 0.3 is 0 Å². The van der Waals surface area contributed by atoms with Gasteiger partial charge in [0.2, 0.25) is 0 Å². The zero-order valence-corrected chi connectivity index (χ0v) is 7.46. The molecule has 0 radical (unpaired) electrons.